The van der Waals surface area contributed by atoms with Crippen molar-refractivity contribution < 1.29 is 0 Å². The molecule has 4 atom stereocenters. The van der Waals surface area contributed by atoms with Gasteiger partial charge >= 0.3 is 0 Å². The molecule has 0 amide bonds. The molecular weight excluding hydrogens is 170 g/mol. The van der Waals surface area contributed by atoms with E-state index in [2.05, 4.69) is 19.2 Å². The Hall–Kier alpha value is -0.0400. The van der Waals surface area contributed by atoms with E-state index in [4.69, 9.17) is 0 Å². The highest BCUT2D eigenvalue weighted by Gasteiger charge is 2.36. The molecule has 1 N–H and O–H groups in total. The van der Waals surface area contributed by atoms with E-state index in [1.54, 1.807) is 0 Å². The topological polar surface area (TPSA) is 12.0 Å². The number of rotatable bonds is 3. The second kappa shape index (κ2) is 4.65. The fourth-order valence-electron chi connectivity index (χ4n) is 2.86. The van der Waals surface area contributed by atoms with E-state index >= 15 is 0 Å². The Bertz CT molecular complexity index is 178. The van der Waals surface area contributed by atoms with Gasteiger partial charge in [0.1, 0.15) is 0 Å². The van der Waals surface area contributed by atoms with Crippen LogP contribution >= 0.6 is 0 Å². The Morgan fingerprint density at radius 2 is 2.00 bits per heavy atom. The maximum Gasteiger partial charge on any atom is 0.0102 e. The third kappa shape index (κ3) is 2.73. The van der Waals surface area contributed by atoms with Gasteiger partial charge in [0.15, 0.2) is 0 Å². The molecule has 2 aliphatic carbocycles. The van der Waals surface area contributed by atoms with Gasteiger partial charge in [0, 0.05) is 12.1 Å². The number of nitrogens with one attached hydrogen (secondary N) is 1. The Balaban J connectivity index is 1.70. The van der Waals surface area contributed by atoms with Crippen molar-refractivity contribution in [3.05, 3.63) is 0 Å². The molecule has 2 saturated carbocycles. The van der Waals surface area contributed by atoms with Crippen LogP contribution in [0.2, 0.25) is 0 Å². The summed E-state index contributed by atoms with van der Waals surface area (Å²) in [6.07, 6.45) is 10.0. The summed E-state index contributed by atoms with van der Waals surface area (Å²) in [5.74, 6) is 1.98. The molecular formula is C13H25N. The SMILES string of the molecule is CCC1CC1NC1CCCC(C)CC1. The molecule has 0 spiro atoms. The van der Waals surface area contributed by atoms with Gasteiger partial charge in [-0.2, -0.15) is 0 Å². The lowest BCUT2D eigenvalue weighted by atomic mass is 10.0. The molecule has 4 unspecified atom stereocenters. The molecule has 0 saturated heterocycles. The van der Waals surface area contributed by atoms with Gasteiger partial charge in [0.25, 0.3) is 0 Å². The van der Waals surface area contributed by atoms with Gasteiger partial charge in [0.05, 0.1) is 0 Å². The molecule has 0 heterocycles. The lowest BCUT2D eigenvalue weighted by Crippen LogP contribution is -2.31. The van der Waals surface area contributed by atoms with Crippen molar-refractivity contribution in [1.82, 2.24) is 5.32 Å². The minimum atomic E-state index is 0.849. The van der Waals surface area contributed by atoms with Crippen molar-refractivity contribution in [3.8, 4) is 0 Å². The van der Waals surface area contributed by atoms with E-state index < -0.39 is 0 Å². The summed E-state index contributed by atoms with van der Waals surface area (Å²) in [4.78, 5) is 0. The molecule has 82 valence electrons. The first kappa shape index (κ1) is 10.5. The first-order valence-electron chi connectivity index (χ1n) is 6.55. The molecule has 2 rings (SSSR count). The van der Waals surface area contributed by atoms with Gasteiger partial charge in [-0.1, -0.05) is 33.1 Å². The van der Waals surface area contributed by atoms with Crippen molar-refractivity contribution in [3.63, 3.8) is 0 Å². The maximum absolute atomic E-state index is 3.85. The van der Waals surface area contributed by atoms with Crippen LogP contribution in [0.5, 0.6) is 0 Å². The summed E-state index contributed by atoms with van der Waals surface area (Å²) in [5, 5.41) is 3.85. The molecule has 0 aromatic rings. The van der Waals surface area contributed by atoms with Crippen molar-refractivity contribution >= 4 is 0 Å². The molecule has 2 fully saturated rings. The van der Waals surface area contributed by atoms with Crippen LogP contribution in [0, 0.1) is 11.8 Å². The zero-order valence-electron chi connectivity index (χ0n) is 9.76. The van der Waals surface area contributed by atoms with Crippen LogP contribution in [-0.2, 0) is 0 Å². The number of hydrogen-bond donors (Lipinski definition) is 1. The largest absolute Gasteiger partial charge is 0.311 e. The molecule has 0 radical (unpaired) electrons. The van der Waals surface area contributed by atoms with E-state index in [1.807, 2.05) is 0 Å². The van der Waals surface area contributed by atoms with Gasteiger partial charge in [-0.3, -0.25) is 0 Å². The predicted octanol–water partition coefficient (Wildman–Crippen LogP) is 3.34. The van der Waals surface area contributed by atoms with Crippen LogP contribution < -0.4 is 5.32 Å². The van der Waals surface area contributed by atoms with Crippen molar-refractivity contribution in [1.29, 1.82) is 0 Å². The summed E-state index contributed by atoms with van der Waals surface area (Å²) in [5.41, 5.74) is 0. The monoisotopic (exact) mass is 195 g/mol. The summed E-state index contributed by atoms with van der Waals surface area (Å²) >= 11 is 0. The predicted molar refractivity (Wildman–Crippen MR) is 61.4 cm³/mol. The molecule has 2 aliphatic rings. The van der Waals surface area contributed by atoms with Gasteiger partial charge in [-0.25, -0.2) is 0 Å². The Labute approximate surface area is 88.7 Å². The van der Waals surface area contributed by atoms with E-state index in [-0.39, 0.29) is 0 Å². The van der Waals surface area contributed by atoms with Gasteiger partial charge in [-0.05, 0) is 37.5 Å². The van der Waals surface area contributed by atoms with Gasteiger partial charge in [0.2, 0.25) is 0 Å². The number of hydrogen-bond acceptors (Lipinski definition) is 1. The average molecular weight is 195 g/mol. The quantitative estimate of drug-likeness (QED) is 0.681. The van der Waals surface area contributed by atoms with Gasteiger partial charge in [-0.15, -0.1) is 0 Å². The van der Waals surface area contributed by atoms with Crippen LogP contribution in [-0.4, -0.2) is 12.1 Å². The second-order valence-electron chi connectivity index (χ2n) is 5.49. The molecule has 1 nitrogen and oxygen atoms in total. The van der Waals surface area contributed by atoms with Crippen molar-refractivity contribution in [2.24, 2.45) is 11.8 Å². The first-order valence-corrected chi connectivity index (χ1v) is 6.55. The Morgan fingerprint density at radius 3 is 2.71 bits per heavy atom. The van der Waals surface area contributed by atoms with Crippen LogP contribution in [0.1, 0.15) is 58.8 Å². The molecule has 1 heteroatoms. The molecule has 0 aliphatic heterocycles. The fraction of sp³-hybridized carbons (Fsp3) is 1.00. The smallest absolute Gasteiger partial charge is 0.0102 e. The van der Waals surface area contributed by atoms with Crippen LogP contribution in [0.4, 0.5) is 0 Å². The molecule has 0 bridgehead atoms. The summed E-state index contributed by atoms with van der Waals surface area (Å²) in [6.45, 7) is 4.73. The zero-order valence-corrected chi connectivity index (χ0v) is 9.76. The lowest BCUT2D eigenvalue weighted by Gasteiger charge is -2.16. The molecule has 0 aromatic carbocycles. The van der Waals surface area contributed by atoms with E-state index in [1.165, 1.54) is 44.9 Å². The van der Waals surface area contributed by atoms with E-state index in [0.717, 1.165) is 23.9 Å². The van der Waals surface area contributed by atoms with Crippen molar-refractivity contribution in [2.75, 3.05) is 0 Å². The minimum absolute atomic E-state index is 0.849. The highest BCUT2D eigenvalue weighted by atomic mass is 15.0. The average Bonchev–Trinajstić information content (AvgIpc) is 2.93. The highest BCUT2D eigenvalue weighted by molar-refractivity contribution is 4.94. The van der Waals surface area contributed by atoms with E-state index in [0.29, 0.717) is 0 Å². The lowest BCUT2D eigenvalue weighted by molar-refractivity contribution is 0.435. The maximum atomic E-state index is 3.85. The van der Waals surface area contributed by atoms with Gasteiger partial charge < -0.3 is 5.32 Å². The van der Waals surface area contributed by atoms with Crippen LogP contribution in [0.25, 0.3) is 0 Å². The Kier molecular flexibility index (Phi) is 3.48. The zero-order chi connectivity index (χ0) is 9.97. The minimum Gasteiger partial charge on any atom is -0.311 e. The first-order chi connectivity index (χ1) is 6.79. The van der Waals surface area contributed by atoms with Crippen molar-refractivity contribution in [2.45, 2.75) is 70.9 Å². The third-order valence-electron chi connectivity index (χ3n) is 4.15. The summed E-state index contributed by atoms with van der Waals surface area (Å²) in [7, 11) is 0. The molecule has 14 heavy (non-hydrogen) atoms. The Morgan fingerprint density at radius 1 is 1.14 bits per heavy atom. The third-order valence-corrected chi connectivity index (χ3v) is 4.15. The second-order valence-corrected chi connectivity index (χ2v) is 5.49. The summed E-state index contributed by atoms with van der Waals surface area (Å²) in [6, 6.07) is 1.74. The molecule has 0 aromatic heterocycles. The van der Waals surface area contributed by atoms with E-state index in [9.17, 15) is 0 Å². The normalized spacial score (nSPS) is 43.3. The highest BCUT2D eigenvalue weighted by Crippen LogP contribution is 2.35. The van der Waals surface area contributed by atoms with Crippen LogP contribution in [0.3, 0.4) is 0 Å². The summed E-state index contributed by atoms with van der Waals surface area (Å²) < 4.78 is 0. The fourth-order valence-corrected chi connectivity index (χ4v) is 2.86. The standard InChI is InChI=1S/C13H25N/c1-3-11-9-13(11)14-12-6-4-5-10(2)7-8-12/h10-14H,3-9H2,1-2H3. The van der Waals surface area contributed by atoms with Crippen LogP contribution in [0.15, 0.2) is 0 Å².